The summed E-state index contributed by atoms with van der Waals surface area (Å²) in [5.74, 6) is 0.497. The van der Waals surface area contributed by atoms with E-state index in [1.807, 2.05) is 31.2 Å². The van der Waals surface area contributed by atoms with Crippen molar-refractivity contribution in [2.75, 3.05) is 12.8 Å². The van der Waals surface area contributed by atoms with E-state index >= 15 is 0 Å². The van der Waals surface area contributed by atoms with Crippen LogP contribution in [0, 0.1) is 0 Å². The first-order valence-corrected chi connectivity index (χ1v) is 6.45. The summed E-state index contributed by atoms with van der Waals surface area (Å²) in [6.07, 6.45) is 0. The van der Waals surface area contributed by atoms with Gasteiger partial charge in [0.1, 0.15) is 5.75 Å². The number of amides is 1. The molecule has 1 aromatic heterocycles. The van der Waals surface area contributed by atoms with Crippen molar-refractivity contribution in [3.8, 4) is 5.75 Å². The highest BCUT2D eigenvalue weighted by Gasteiger charge is 2.15. The van der Waals surface area contributed by atoms with E-state index in [0.717, 1.165) is 22.6 Å². The number of carbonyl (C=O) groups is 1. The van der Waals surface area contributed by atoms with Crippen molar-refractivity contribution in [2.24, 2.45) is 0 Å². The number of rotatable bonds is 4. The van der Waals surface area contributed by atoms with Gasteiger partial charge in [0.05, 0.1) is 13.2 Å². The standard InChI is InChI=1S/C12H14N4O2S/c1-7(8-3-5-9(18-2)6-4-8)14-10(17)11-15-16-12(13)19-11/h3-7H,1-2H3,(H2,13,16)(H,14,17). The molecule has 0 radical (unpaired) electrons. The Morgan fingerprint density at radius 1 is 1.37 bits per heavy atom. The van der Waals surface area contributed by atoms with Crippen LogP contribution >= 0.6 is 11.3 Å². The van der Waals surface area contributed by atoms with Crippen LogP contribution in [-0.2, 0) is 0 Å². The zero-order chi connectivity index (χ0) is 13.8. The van der Waals surface area contributed by atoms with Crippen molar-refractivity contribution >= 4 is 22.4 Å². The lowest BCUT2D eigenvalue weighted by Crippen LogP contribution is -2.26. The molecule has 0 aliphatic carbocycles. The van der Waals surface area contributed by atoms with Gasteiger partial charge in [-0.05, 0) is 24.6 Å². The Bertz CT molecular complexity index is 567. The van der Waals surface area contributed by atoms with Crippen LogP contribution in [0.25, 0.3) is 0 Å². The van der Waals surface area contributed by atoms with Gasteiger partial charge >= 0.3 is 0 Å². The second-order valence-corrected chi connectivity index (χ2v) is 4.92. The maximum absolute atomic E-state index is 11.9. The summed E-state index contributed by atoms with van der Waals surface area (Å²) in [5, 5.41) is 10.7. The highest BCUT2D eigenvalue weighted by molar-refractivity contribution is 7.16. The van der Waals surface area contributed by atoms with Gasteiger partial charge in [0.25, 0.3) is 5.91 Å². The molecule has 1 heterocycles. The van der Waals surface area contributed by atoms with Crippen molar-refractivity contribution in [3.63, 3.8) is 0 Å². The fraction of sp³-hybridized carbons (Fsp3) is 0.250. The Labute approximate surface area is 114 Å². The molecule has 0 saturated carbocycles. The number of hydrogen-bond donors (Lipinski definition) is 2. The molecule has 0 aliphatic heterocycles. The van der Waals surface area contributed by atoms with Gasteiger partial charge in [-0.1, -0.05) is 23.5 Å². The normalized spacial score (nSPS) is 11.9. The van der Waals surface area contributed by atoms with Crippen molar-refractivity contribution in [3.05, 3.63) is 34.8 Å². The molecule has 6 nitrogen and oxygen atoms in total. The van der Waals surface area contributed by atoms with Gasteiger partial charge in [-0.2, -0.15) is 0 Å². The van der Waals surface area contributed by atoms with E-state index in [1.54, 1.807) is 7.11 Å². The number of ether oxygens (including phenoxy) is 1. The maximum Gasteiger partial charge on any atom is 0.282 e. The van der Waals surface area contributed by atoms with Gasteiger partial charge in [-0.15, -0.1) is 10.2 Å². The first-order chi connectivity index (χ1) is 9.10. The molecule has 0 saturated heterocycles. The zero-order valence-electron chi connectivity index (χ0n) is 10.6. The Hall–Kier alpha value is -2.15. The van der Waals surface area contributed by atoms with Crippen LogP contribution in [0.2, 0.25) is 0 Å². The van der Waals surface area contributed by atoms with E-state index in [9.17, 15) is 4.79 Å². The number of nitrogens with two attached hydrogens (primary N) is 1. The van der Waals surface area contributed by atoms with Crippen molar-refractivity contribution in [2.45, 2.75) is 13.0 Å². The summed E-state index contributed by atoms with van der Waals surface area (Å²) in [6.45, 7) is 1.89. The number of methoxy groups -OCH3 is 1. The van der Waals surface area contributed by atoms with E-state index in [2.05, 4.69) is 15.5 Å². The summed E-state index contributed by atoms with van der Waals surface area (Å²) < 4.78 is 5.08. The molecule has 2 rings (SSSR count). The molecule has 1 unspecified atom stereocenters. The van der Waals surface area contributed by atoms with Crippen LogP contribution in [0.5, 0.6) is 5.75 Å². The van der Waals surface area contributed by atoms with E-state index in [4.69, 9.17) is 10.5 Å². The van der Waals surface area contributed by atoms with Gasteiger partial charge in [-0.3, -0.25) is 4.79 Å². The highest BCUT2D eigenvalue weighted by atomic mass is 32.1. The first kappa shape index (κ1) is 13.3. The number of aromatic nitrogens is 2. The summed E-state index contributed by atoms with van der Waals surface area (Å²) in [4.78, 5) is 11.9. The maximum atomic E-state index is 11.9. The first-order valence-electron chi connectivity index (χ1n) is 5.64. The van der Waals surface area contributed by atoms with Crippen molar-refractivity contribution < 1.29 is 9.53 Å². The second kappa shape index (κ2) is 5.66. The monoisotopic (exact) mass is 278 g/mol. The molecule has 2 aromatic rings. The lowest BCUT2D eigenvalue weighted by molar-refractivity contribution is 0.0939. The van der Waals surface area contributed by atoms with Crippen LogP contribution in [0.1, 0.15) is 28.3 Å². The molecule has 1 atom stereocenters. The smallest absolute Gasteiger partial charge is 0.282 e. The van der Waals surface area contributed by atoms with Crippen LogP contribution in [0.4, 0.5) is 5.13 Å². The Morgan fingerprint density at radius 3 is 2.58 bits per heavy atom. The summed E-state index contributed by atoms with van der Waals surface area (Å²) in [6, 6.07) is 7.36. The lowest BCUT2D eigenvalue weighted by Gasteiger charge is -2.13. The van der Waals surface area contributed by atoms with Crippen LogP contribution in [-0.4, -0.2) is 23.2 Å². The predicted molar refractivity (Wildman–Crippen MR) is 73.2 cm³/mol. The Morgan fingerprint density at radius 2 is 2.05 bits per heavy atom. The molecule has 7 heteroatoms. The minimum Gasteiger partial charge on any atom is -0.497 e. The largest absolute Gasteiger partial charge is 0.497 e. The zero-order valence-corrected chi connectivity index (χ0v) is 11.4. The number of nitrogen functional groups attached to an aromatic ring is 1. The summed E-state index contributed by atoms with van der Waals surface area (Å²) in [7, 11) is 1.61. The minimum atomic E-state index is -0.280. The van der Waals surface area contributed by atoms with Crippen LogP contribution in [0.3, 0.4) is 0 Å². The second-order valence-electron chi connectivity index (χ2n) is 3.91. The van der Waals surface area contributed by atoms with Gasteiger partial charge in [0.15, 0.2) is 0 Å². The Balaban J connectivity index is 2.03. The van der Waals surface area contributed by atoms with E-state index in [1.165, 1.54) is 0 Å². The average molecular weight is 278 g/mol. The van der Waals surface area contributed by atoms with Gasteiger partial charge in [0.2, 0.25) is 10.1 Å². The Kier molecular flexibility index (Phi) is 3.96. The fourth-order valence-electron chi connectivity index (χ4n) is 1.56. The highest BCUT2D eigenvalue weighted by Crippen LogP contribution is 2.18. The molecule has 0 fully saturated rings. The summed E-state index contributed by atoms with van der Waals surface area (Å²) >= 11 is 1.06. The number of benzene rings is 1. The molecule has 0 bridgehead atoms. The molecule has 0 aliphatic rings. The fourth-order valence-corrected chi connectivity index (χ4v) is 2.07. The molecule has 0 spiro atoms. The number of nitrogens with one attached hydrogen (secondary N) is 1. The van der Waals surface area contributed by atoms with E-state index in [-0.39, 0.29) is 22.1 Å². The third-order valence-electron chi connectivity index (χ3n) is 2.60. The van der Waals surface area contributed by atoms with E-state index in [0.29, 0.717) is 0 Å². The number of nitrogens with zero attached hydrogens (tertiary/aromatic N) is 2. The molecular formula is C12H14N4O2S. The molecule has 1 amide bonds. The van der Waals surface area contributed by atoms with Crippen molar-refractivity contribution in [1.29, 1.82) is 0 Å². The third-order valence-corrected chi connectivity index (χ3v) is 3.35. The van der Waals surface area contributed by atoms with E-state index < -0.39 is 0 Å². The predicted octanol–water partition coefficient (Wildman–Crippen LogP) is 1.62. The molecular weight excluding hydrogens is 264 g/mol. The number of anilines is 1. The van der Waals surface area contributed by atoms with Crippen LogP contribution in [0.15, 0.2) is 24.3 Å². The van der Waals surface area contributed by atoms with Crippen LogP contribution < -0.4 is 15.8 Å². The topological polar surface area (TPSA) is 90.1 Å². The molecule has 1 aromatic carbocycles. The lowest BCUT2D eigenvalue weighted by atomic mass is 10.1. The van der Waals surface area contributed by atoms with Gasteiger partial charge in [0, 0.05) is 0 Å². The molecule has 3 N–H and O–H groups in total. The quantitative estimate of drug-likeness (QED) is 0.887. The minimum absolute atomic E-state index is 0.136. The van der Waals surface area contributed by atoms with Gasteiger partial charge in [-0.25, -0.2) is 0 Å². The molecule has 100 valence electrons. The summed E-state index contributed by atoms with van der Waals surface area (Å²) in [5.41, 5.74) is 6.42. The third kappa shape index (κ3) is 3.19. The van der Waals surface area contributed by atoms with Crippen molar-refractivity contribution in [1.82, 2.24) is 15.5 Å². The molecule has 19 heavy (non-hydrogen) atoms. The SMILES string of the molecule is COc1ccc(C(C)NC(=O)c2nnc(N)s2)cc1. The average Bonchev–Trinajstić information content (AvgIpc) is 2.85. The number of hydrogen-bond acceptors (Lipinski definition) is 6. The van der Waals surface area contributed by atoms with Gasteiger partial charge < -0.3 is 15.8 Å². The number of carbonyl (C=O) groups excluding carboxylic acids is 1.